The van der Waals surface area contributed by atoms with E-state index in [1.807, 2.05) is 32.9 Å². The Morgan fingerprint density at radius 3 is 2.72 bits per heavy atom. The minimum absolute atomic E-state index is 0.131. The molecular weight excluding hydrogens is 250 g/mol. The molecule has 2 heterocycles. The lowest BCUT2D eigenvalue weighted by Crippen LogP contribution is -2.13. The normalized spacial score (nSPS) is 13.0. The lowest BCUT2D eigenvalue weighted by Gasteiger charge is -2.16. The van der Waals surface area contributed by atoms with Gasteiger partial charge in [-0.2, -0.15) is 5.10 Å². The van der Waals surface area contributed by atoms with E-state index >= 15 is 0 Å². The van der Waals surface area contributed by atoms with Gasteiger partial charge in [0.1, 0.15) is 6.10 Å². The van der Waals surface area contributed by atoms with E-state index in [9.17, 15) is 5.11 Å². The van der Waals surface area contributed by atoms with Crippen molar-refractivity contribution in [3.8, 4) is 0 Å². The van der Waals surface area contributed by atoms with Crippen LogP contribution in [0.2, 0.25) is 5.02 Å². The van der Waals surface area contributed by atoms with Gasteiger partial charge >= 0.3 is 0 Å². The first-order valence-corrected chi connectivity index (χ1v) is 6.22. The fourth-order valence-corrected chi connectivity index (χ4v) is 2.10. The van der Waals surface area contributed by atoms with Gasteiger partial charge in [0, 0.05) is 12.2 Å². The summed E-state index contributed by atoms with van der Waals surface area (Å²) in [7, 11) is 0. The Bertz CT molecular complexity index is 551. The summed E-state index contributed by atoms with van der Waals surface area (Å²) < 4.78 is 1.72. The highest BCUT2D eigenvalue weighted by Crippen LogP contribution is 2.29. The maximum Gasteiger partial charge on any atom is 0.139 e. The second-order valence-corrected chi connectivity index (χ2v) is 4.98. The second kappa shape index (κ2) is 5.08. The van der Waals surface area contributed by atoms with Gasteiger partial charge in [0.05, 0.1) is 22.6 Å². The zero-order chi connectivity index (χ0) is 13.3. The fourth-order valence-electron chi connectivity index (χ4n) is 1.87. The Morgan fingerprint density at radius 2 is 2.11 bits per heavy atom. The van der Waals surface area contributed by atoms with Crippen molar-refractivity contribution in [1.29, 1.82) is 0 Å². The number of aliphatic hydroxyl groups is 1. The van der Waals surface area contributed by atoms with Crippen LogP contribution in [0.4, 0.5) is 0 Å². The number of nitrogens with zero attached hydrogens (tertiary/aromatic N) is 3. The molecule has 0 saturated carbocycles. The topological polar surface area (TPSA) is 50.9 Å². The van der Waals surface area contributed by atoms with Crippen molar-refractivity contribution in [3.05, 3.63) is 46.5 Å². The van der Waals surface area contributed by atoms with Crippen LogP contribution in [0.3, 0.4) is 0 Å². The van der Waals surface area contributed by atoms with E-state index in [-0.39, 0.29) is 6.04 Å². The van der Waals surface area contributed by atoms with Gasteiger partial charge in [0.25, 0.3) is 0 Å². The minimum atomic E-state index is -0.859. The number of hydrogen-bond donors (Lipinski definition) is 1. The van der Waals surface area contributed by atoms with Crippen molar-refractivity contribution in [1.82, 2.24) is 14.8 Å². The van der Waals surface area contributed by atoms with Crippen LogP contribution in [-0.2, 0) is 0 Å². The van der Waals surface area contributed by atoms with Crippen molar-refractivity contribution < 1.29 is 5.11 Å². The largest absolute Gasteiger partial charge is 0.380 e. The number of hydrogen-bond acceptors (Lipinski definition) is 3. The fraction of sp³-hybridized carbons (Fsp3) is 0.385. The van der Waals surface area contributed by atoms with E-state index in [4.69, 9.17) is 11.6 Å². The number of pyridine rings is 1. The summed E-state index contributed by atoms with van der Waals surface area (Å²) >= 11 is 6.10. The lowest BCUT2D eigenvalue weighted by atomic mass is 10.1. The minimum Gasteiger partial charge on any atom is -0.380 e. The van der Waals surface area contributed by atoms with Crippen LogP contribution in [0.1, 0.15) is 42.9 Å². The molecule has 4 nitrogen and oxygen atoms in total. The molecule has 2 aromatic rings. The van der Waals surface area contributed by atoms with Crippen molar-refractivity contribution in [2.75, 3.05) is 0 Å². The zero-order valence-corrected chi connectivity index (χ0v) is 11.4. The van der Waals surface area contributed by atoms with Gasteiger partial charge in [-0.1, -0.05) is 11.6 Å². The van der Waals surface area contributed by atoms with E-state index < -0.39 is 6.10 Å². The van der Waals surface area contributed by atoms with Crippen LogP contribution in [0, 0.1) is 6.92 Å². The van der Waals surface area contributed by atoms with Crippen LogP contribution in [0.15, 0.2) is 24.5 Å². The smallest absolute Gasteiger partial charge is 0.139 e. The van der Waals surface area contributed by atoms with E-state index in [0.717, 1.165) is 5.56 Å². The van der Waals surface area contributed by atoms with Crippen molar-refractivity contribution in [3.63, 3.8) is 0 Å². The molecule has 5 heteroatoms. The predicted octanol–water partition coefficient (Wildman–Crippen LogP) is 2.90. The first-order valence-electron chi connectivity index (χ1n) is 5.84. The summed E-state index contributed by atoms with van der Waals surface area (Å²) in [4.78, 5) is 4.19. The van der Waals surface area contributed by atoms with Crippen LogP contribution in [-0.4, -0.2) is 19.9 Å². The Morgan fingerprint density at radius 1 is 1.39 bits per heavy atom. The highest BCUT2D eigenvalue weighted by molar-refractivity contribution is 6.31. The van der Waals surface area contributed by atoms with Gasteiger partial charge in [-0.25, -0.2) is 0 Å². The third-order valence-electron chi connectivity index (χ3n) is 2.75. The maximum absolute atomic E-state index is 10.4. The standard InChI is InChI=1S/C13H16ClN3O/c1-8(2)17-12(10(14)7-16-17)13(18)11-6-9(3)4-5-15-11/h4-8,13,18H,1-3H3. The molecule has 0 amide bonds. The Hall–Kier alpha value is -1.39. The first kappa shape index (κ1) is 13.1. The molecule has 2 rings (SSSR count). The average Bonchev–Trinajstić information content (AvgIpc) is 2.70. The molecule has 1 N–H and O–H groups in total. The van der Waals surface area contributed by atoms with Gasteiger partial charge < -0.3 is 5.11 Å². The molecule has 0 saturated heterocycles. The molecule has 0 bridgehead atoms. The van der Waals surface area contributed by atoms with Gasteiger partial charge in [0.2, 0.25) is 0 Å². The molecule has 0 aliphatic rings. The quantitative estimate of drug-likeness (QED) is 0.928. The third kappa shape index (κ3) is 2.40. The average molecular weight is 266 g/mol. The van der Waals surface area contributed by atoms with E-state index in [2.05, 4.69) is 10.1 Å². The first-order chi connectivity index (χ1) is 8.50. The Kier molecular flexibility index (Phi) is 3.68. The van der Waals surface area contributed by atoms with Gasteiger partial charge in [-0.05, 0) is 38.5 Å². The summed E-state index contributed by atoms with van der Waals surface area (Å²) in [5.74, 6) is 0. The maximum atomic E-state index is 10.4. The molecule has 1 unspecified atom stereocenters. The van der Waals surface area contributed by atoms with Gasteiger partial charge in [-0.3, -0.25) is 9.67 Å². The summed E-state index contributed by atoms with van der Waals surface area (Å²) in [6, 6.07) is 3.86. The molecule has 0 aliphatic heterocycles. The van der Waals surface area contributed by atoms with Crippen LogP contribution < -0.4 is 0 Å². The van der Waals surface area contributed by atoms with Crippen molar-refractivity contribution in [2.45, 2.75) is 32.9 Å². The molecule has 0 aliphatic carbocycles. The summed E-state index contributed by atoms with van der Waals surface area (Å²) in [6.45, 7) is 5.94. The number of aryl methyl sites for hydroxylation is 1. The highest BCUT2D eigenvalue weighted by Gasteiger charge is 2.22. The summed E-state index contributed by atoms with van der Waals surface area (Å²) in [5.41, 5.74) is 2.22. The van der Waals surface area contributed by atoms with Gasteiger partial charge in [-0.15, -0.1) is 0 Å². The molecular formula is C13H16ClN3O. The Balaban J connectivity index is 2.45. The van der Waals surface area contributed by atoms with Crippen molar-refractivity contribution in [2.24, 2.45) is 0 Å². The van der Waals surface area contributed by atoms with Gasteiger partial charge in [0.15, 0.2) is 0 Å². The van der Waals surface area contributed by atoms with Crippen LogP contribution in [0.25, 0.3) is 0 Å². The third-order valence-corrected chi connectivity index (χ3v) is 3.04. The lowest BCUT2D eigenvalue weighted by molar-refractivity contribution is 0.200. The van der Waals surface area contributed by atoms with E-state index in [1.165, 1.54) is 0 Å². The molecule has 0 aromatic carbocycles. The Labute approximate surface area is 111 Å². The molecule has 96 valence electrons. The highest BCUT2D eigenvalue weighted by atomic mass is 35.5. The molecule has 2 aromatic heterocycles. The van der Waals surface area contributed by atoms with E-state index in [1.54, 1.807) is 17.1 Å². The molecule has 1 atom stereocenters. The molecule has 0 radical (unpaired) electrons. The molecule has 18 heavy (non-hydrogen) atoms. The number of aliphatic hydroxyl groups excluding tert-OH is 1. The SMILES string of the molecule is Cc1ccnc(C(O)c2c(Cl)cnn2C(C)C)c1. The monoisotopic (exact) mass is 265 g/mol. The summed E-state index contributed by atoms with van der Waals surface area (Å²) in [5, 5.41) is 15.0. The molecule has 0 fully saturated rings. The number of aromatic nitrogens is 3. The summed E-state index contributed by atoms with van der Waals surface area (Å²) in [6.07, 6.45) is 2.37. The van der Waals surface area contributed by atoms with E-state index in [0.29, 0.717) is 16.4 Å². The van der Waals surface area contributed by atoms with Crippen LogP contribution >= 0.6 is 11.6 Å². The number of halogens is 1. The van der Waals surface area contributed by atoms with Crippen molar-refractivity contribution >= 4 is 11.6 Å². The predicted molar refractivity (Wildman–Crippen MR) is 70.7 cm³/mol. The second-order valence-electron chi connectivity index (χ2n) is 4.58. The van der Waals surface area contributed by atoms with Crippen LogP contribution in [0.5, 0.6) is 0 Å². The molecule has 0 spiro atoms. The number of rotatable bonds is 3. The zero-order valence-electron chi connectivity index (χ0n) is 10.6.